The Labute approximate surface area is 135 Å². The maximum absolute atomic E-state index is 12.4. The Morgan fingerprint density at radius 2 is 2.00 bits per heavy atom. The first-order chi connectivity index (χ1) is 11.5. The largest absolute Gasteiger partial charge is 0.389 e. The number of fused-ring (bicyclic) bond motifs is 1. The Bertz CT molecular complexity index is 962. The van der Waals surface area contributed by atoms with Gasteiger partial charge in [0.2, 0.25) is 0 Å². The van der Waals surface area contributed by atoms with Gasteiger partial charge in [0.05, 0.1) is 35.2 Å². The van der Waals surface area contributed by atoms with Crippen LogP contribution in [-0.2, 0) is 13.1 Å². The van der Waals surface area contributed by atoms with Gasteiger partial charge in [0.1, 0.15) is 12.4 Å². The summed E-state index contributed by atoms with van der Waals surface area (Å²) in [4.78, 5) is 22.5. The second-order valence-corrected chi connectivity index (χ2v) is 5.45. The van der Waals surface area contributed by atoms with Crippen molar-refractivity contribution < 1.29 is 10.0 Å². The molecule has 0 aliphatic rings. The predicted molar refractivity (Wildman–Crippen MR) is 85.6 cm³/mol. The Balaban J connectivity index is 1.82. The normalized spacial score (nSPS) is 12.4. The van der Waals surface area contributed by atoms with Crippen LogP contribution in [-0.4, -0.2) is 35.7 Å². The van der Waals surface area contributed by atoms with Crippen LogP contribution in [0, 0.1) is 17.0 Å². The van der Waals surface area contributed by atoms with Crippen LogP contribution >= 0.6 is 0 Å². The number of aryl methyl sites for hydroxylation is 1. The summed E-state index contributed by atoms with van der Waals surface area (Å²) < 4.78 is 2.47. The molecule has 1 aromatic carbocycles. The van der Waals surface area contributed by atoms with Gasteiger partial charge in [-0.15, -0.1) is 0 Å². The van der Waals surface area contributed by atoms with Gasteiger partial charge in [-0.1, -0.05) is 18.2 Å². The van der Waals surface area contributed by atoms with E-state index in [1.165, 1.54) is 15.6 Å². The first-order valence-corrected chi connectivity index (χ1v) is 7.27. The molecule has 3 rings (SSSR count). The summed E-state index contributed by atoms with van der Waals surface area (Å²) in [6, 6.07) is 7.14. The lowest BCUT2D eigenvalue weighted by Crippen LogP contribution is -2.31. The van der Waals surface area contributed by atoms with Crippen molar-refractivity contribution >= 4 is 16.5 Å². The van der Waals surface area contributed by atoms with Gasteiger partial charge < -0.3 is 5.11 Å². The number of aliphatic hydroxyl groups excluding tert-OH is 1. The Morgan fingerprint density at radius 3 is 2.67 bits per heavy atom. The zero-order valence-corrected chi connectivity index (χ0v) is 12.9. The molecule has 9 nitrogen and oxygen atoms in total. The summed E-state index contributed by atoms with van der Waals surface area (Å²) in [5, 5.41) is 30.1. The molecule has 0 aliphatic heterocycles. The second-order valence-electron chi connectivity index (χ2n) is 5.45. The van der Waals surface area contributed by atoms with E-state index in [4.69, 9.17) is 0 Å². The average Bonchev–Trinajstić information content (AvgIpc) is 3.01. The molecule has 124 valence electrons. The molecule has 0 bridgehead atoms. The fourth-order valence-corrected chi connectivity index (χ4v) is 2.55. The molecule has 0 radical (unpaired) electrons. The van der Waals surface area contributed by atoms with Crippen LogP contribution in [0.5, 0.6) is 0 Å². The fraction of sp³-hybridized carbons (Fsp3) is 0.267. The number of nitro groups is 1. The standard InChI is InChI=1S/C15H15N5O4/c1-10-13-4-2-3-5-14(13)15(22)19(17-10)9-12(21)8-18-7-11(6-16-18)20(23)24/h2-7,12,21H,8-9H2,1H3/t12-/m0/s1. The number of aromatic nitrogens is 4. The van der Waals surface area contributed by atoms with E-state index >= 15 is 0 Å². The van der Waals surface area contributed by atoms with Gasteiger partial charge in [-0.05, 0) is 13.0 Å². The second kappa shape index (κ2) is 6.20. The molecule has 0 fully saturated rings. The molecular formula is C15H15N5O4. The van der Waals surface area contributed by atoms with Crippen LogP contribution in [0.1, 0.15) is 5.69 Å². The molecule has 24 heavy (non-hydrogen) atoms. The molecule has 9 heteroatoms. The van der Waals surface area contributed by atoms with Crippen molar-refractivity contribution in [2.45, 2.75) is 26.1 Å². The van der Waals surface area contributed by atoms with Crippen molar-refractivity contribution in [1.29, 1.82) is 0 Å². The first-order valence-electron chi connectivity index (χ1n) is 7.27. The van der Waals surface area contributed by atoms with E-state index in [0.29, 0.717) is 11.1 Å². The summed E-state index contributed by atoms with van der Waals surface area (Å²) in [6.07, 6.45) is 1.37. The Kier molecular flexibility index (Phi) is 4.09. The van der Waals surface area contributed by atoms with Crippen molar-refractivity contribution in [3.63, 3.8) is 0 Å². The van der Waals surface area contributed by atoms with E-state index < -0.39 is 11.0 Å². The summed E-state index contributed by atoms with van der Waals surface area (Å²) in [7, 11) is 0. The van der Waals surface area contributed by atoms with Crippen LogP contribution in [0.4, 0.5) is 5.69 Å². The van der Waals surface area contributed by atoms with Crippen molar-refractivity contribution in [3.05, 3.63) is 62.8 Å². The minimum atomic E-state index is -0.963. The molecule has 1 N–H and O–H groups in total. The average molecular weight is 329 g/mol. The van der Waals surface area contributed by atoms with Crippen LogP contribution in [0.2, 0.25) is 0 Å². The van der Waals surface area contributed by atoms with Crippen molar-refractivity contribution in [3.8, 4) is 0 Å². The molecule has 2 aromatic heterocycles. The minimum absolute atomic E-state index is 0.0217. The summed E-state index contributed by atoms with van der Waals surface area (Å²) in [5.41, 5.74) is 0.243. The van der Waals surface area contributed by atoms with Crippen molar-refractivity contribution in [1.82, 2.24) is 19.6 Å². The molecule has 3 aromatic rings. The third-order valence-corrected chi connectivity index (χ3v) is 3.66. The highest BCUT2D eigenvalue weighted by atomic mass is 16.6. The number of nitrogens with zero attached hydrogens (tertiary/aromatic N) is 5. The summed E-state index contributed by atoms with van der Waals surface area (Å²) in [5.74, 6) is 0. The number of benzene rings is 1. The smallest absolute Gasteiger partial charge is 0.306 e. The van der Waals surface area contributed by atoms with E-state index in [2.05, 4.69) is 10.2 Å². The monoisotopic (exact) mass is 329 g/mol. The van der Waals surface area contributed by atoms with Crippen LogP contribution < -0.4 is 5.56 Å². The molecule has 0 saturated heterocycles. The zero-order chi connectivity index (χ0) is 17.3. The van der Waals surface area contributed by atoms with E-state index in [1.54, 1.807) is 19.1 Å². The van der Waals surface area contributed by atoms with Crippen molar-refractivity contribution in [2.75, 3.05) is 0 Å². The minimum Gasteiger partial charge on any atom is -0.389 e. The van der Waals surface area contributed by atoms with Gasteiger partial charge in [0.25, 0.3) is 5.56 Å². The number of hydrogen-bond acceptors (Lipinski definition) is 6. The number of aliphatic hydroxyl groups is 1. The van der Waals surface area contributed by atoms with E-state index in [1.807, 2.05) is 12.1 Å². The molecule has 2 heterocycles. The van der Waals surface area contributed by atoms with E-state index in [0.717, 1.165) is 11.6 Å². The van der Waals surface area contributed by atoms with Crippen molar-refractivity contribution in [2.24, 2.45) is 0 Å². The lowest BCUT2D eigenvalue weighted by atomic mass is 10.1. The van der Waals surface area contributed by atoms with E-state index in [9.17, 15) is 20.0 Å². The van der Waals surface area contributed by atoms with Gasteiger partial charge in [0, 0.05) is 5.39 Å². The Hall–Kier alpha value is -3.07. The highest BCUT2D eigenvalue weighted by Crippen LogP contribution is 2.12. The molecule has 0 aliphatic carbocycles. The van der Waals surface area contributed by atoms with E-state index in [-0.39, 0.29) is 24.3 Å². The van der Waals surface area contributed by atoms with Gasteiger partial charge >= 0.3 is 5.69 Å². The van der Waals surface area contributed by atoms with Crippen LogP contribution in [0.3, 0.4) is 0 Å². The SMILES string of the molecule is Cc1nn(C[C@@H](O)Cn2cc([N+](=O)[O-])cn2)c(=O)c2ccccc12. The topological polar surface area (TPSA) is 116 Å². The summed E-state index contributed by atoms with van der Waals surface area (Å²) >= 11 is 0. The number of rotatable bonds is 5. The van der Waals surface area contributed by atoms with Crippen LogP contribution in [0.25, 0.3) is 10.8 Å². The molecule has 1 atom stereocenters. The summed E-state index contributed by atoms with van der Waals surface area (Å²) in [6.45, 7) is 1.79. The van der Waals surface area contributed by atoms with Gasteiger partial charge in [-0.3, -0.25) is 19.6 Å². The highest BCUT2D eigenvalue weighted by Gasteiger charge is 2.15. The quantitative estimate of drug-likeness (QED) is 0.548. The third-order valence-electron chi connectivity index (χ3n) is 3.66. The highest BCUT2D eigenvalue weighted by molar-refractivity contribution is 5.83. The molecule has 0 unspecified atom stereocenters. The zero-order valence-electron chi connectivity index (χ0n) is 12.9. The van der Waals surface area contributed by atoms with Gasteiger partial charge in [-0.2, -0.15) is 10.2 Å². The molecule has 0 saturated carbocycles. The molecule has 0 amide bonds. The lowest BCUT2D eigenvalue weighted by Gasteiger charge is -2.13. The first kappa shape index (κ1) is 15.8. The van der Waals surface area contributed by atoms with Gasteiger partial charge in [-0.25, -0.2) is 4.68 Å². The maximum atomic E-state index is 12.4. The number of hydrogen-bond donors (Lipinski definition) is 1. The fourth-order valence-electron chi connectivity index (χ4n) is 2.55. The van der Waals surface area contributed by atoms with Gasteiger partial charge in [0.15, 0.2) is 0 Å². The lowest BCUT2D eigenvalue weighted by molar-refractivity contribution is -0.385. The molecule has 0 spiro atoms. The predicted octanol–water partition coefficient (Wildman–Crippen LogP) is 0.871. The Morgan fingerprint density at radius 1 is 1.29 bits per heavy atom. The molecular weight excluding hydrogens is 314 g/mol. The maximum Gasteiger partial charge on any atom is 0.306 e. The van der Waals surface area contributed by atoms with Crippen LogP contribution in [0.15, 0.2) is 41.5 Å². The third kappa shape index (κ3) is 3.01.